The molecule has 0 aromatic carbocycles. The molecular formula is C10H21N3O2. The SMILES string of the molecule is CC(C)[C@@H](CCCCN=C(N)N)C(=O)O. The lowest BCUT2D eigenvalue weighted by Gasteiger charge is -2.15. The number of rotatable bonds is 7. The fraction of sp³-hybridized carbons (Fsp3) is 0.800. The highest BCUT2D eigenvalue weighted by Crippen LogP contribution is 2.18. The van der Waals surface area contributed by atoms with Crippen molar-refractivity contribution >= 4 is 11.9 Å². The summed E-state index contributed by atoms with van der Waals surface area (Å²) in [5.41, 5.74) is 10.3. The Morgan fingerprint density at radius 2 is 1.93 bits per heavy atom. The standard InChI is InChI=1S/C10H21N3O2/c1-7(2)8(9(14)15)5-3-4-6-13-10(11)12/h7-8H,3-6H2,1-2H3,(H,14,15)(H4,11,12,13)/t8-/m1/s1. The van der Waals surface area contributed by atoms with Crippen LogP contribution in [-0.2, 0) is 4.79 Å². The second-order valence-corrected chi connectivity index (χ2v) is 3.99. The number of aliphatic carboxylic acids is 1. The number of nitrogens with two attached hydrogens (primary N) is 2. The molecule has 5 heteroatoms. The van der Waals surface area contributed by atoms with Gasteiger partial charge in [0.2, 0.25) is 0 Å². The molecule has 0 amide bonds. The zero-order valence-corrected chi connectivity index (χ0v) is 9.44. The minimum Gasteiger partial charge on any atom is -0.481 e. The van der Waals surface area contributed by atoms with Crippen molar-refractivity contribution in [3.05, 3.63) is 0 Å². The summed E-state index contributed by atoms with van der Waals surface area (Å²) in [5, 5.41) is 8.92. The summed E-state index contributed by atoms with van der Waals surface area (Å²) >= 11 is 0. The molecule has 0 aromatic rings. The quantitative estimate of drug-likeness (QED) is 0.332. The Bertz CT molecular complexity index is 223. The molecule has 0 spiro atoms. The third-order valence-electron chi connectivity index (χ3n) is 2.34. The third-order valence-corrected chi connectivity index (χ3v) is 2.34. The molecule has 0 rings (SSSR count). The molecule has 0 unspecified atom stereocenters. The van der Waals surface area contributed by atoms with E-state index in [2.05, 4.69) is 4.99 Å². The van der Waals surface area contributed by atoms with Crippen LogP contribution in [0.25, 0.3) is 0 Å². The summed E-state index contributed by atoms with van der Waals surface area (Å²) in [6.45, 7) is 4.43. The monoisotopic (exact) mass is 215 g/mol. The Hall–Kier alpha value is -1.26. The molecule has 1 atom stereocenters. The first-order valence-corrected chi connectivity index (χ1v) is 5.23. The molecular weight excluding hydrogens is 194 g/mol. The van der Waals surface area contributed by atoms with Crippen molar-refractivity contribution in [3.63, 3.8) is 0 Å². The van der Waals surface area contributed by atoms with E-state index >= 15 is 0 Å². The van der Waals surface area contributed by atoms with Gasteiger partial charge in [0.15, 0.2) is 5.96 Å². The minimum atomic E-state index is -0.716. The second kappa shape index (κ2) is 7.09. The summed E-state index contributed by atoms with van der Waals surface area (Å²) in [7, 11) is 0. The molecule has 0 radical (unpaired) electrons. The van der Waals surface area contributed by atoms with Gasteiger partial charge in [0.25, 0.3) is 0 Å². The van der Waals surface area contributed by atoms with Gasteiger partial charge in [0.1, 0.15) is 0 Å². The van der Waals surface area contributed by atoms with E-state index in [4.69, 9.17) is 16.6 Å². The van der Waals surface area contributed by atoms with E-state index in [1.807, 2.05) is 13.8 Å². The number of carboxylic acid groups (broad SMARTS) is 1. The lowest BCUT2D eigenvalue weighted by atomic mass is 9.91. The lowest BCUT2D eigenvalue weighted by molar-refractivity contribution is -0.143. The topological polar surface area (TPSA) is 102 Å². The molecule has 5 nitrogen and oxygen atoms in total. The van der Waals surface area contributed by atoms with Crippen LogP contribution in [0.2, 0.25) is 0 Å². The predicted octanol–water partition coefficient (Wildman–Crippen LogP) is 0.787. The van der Waals surface area contributed by atoms with Crippen LogP contribution in [0, 0.1) is 11.8 Å². The molecule has 88 valence electrons. The van der Waals surface area contributed by atoms with Crippen molar-refractivity contribution in [2.24, 2.45) is 28.3 Å². The molecule has 15 heavy (non-hydrogen) atoms. The molecule has 0 aromatic heterocycles. The zero-order valence-electron chi connectivity index (χ0n) is 9.44. The summed E-state index contributed by atoms with van der Waals surface area (Å²) in [6.07, 6.45) is 2.35. The number of aliphatic imine (C=N–C) groups is 1. The highest BCUT2D eigenvalue weighted by molar-refractivity contribution is 5.75. The second-order valence-electron chi connectivity index (χ2n) is 3.99. The highest BCUT2D eigenvalue weighted by atomic mass is 16.4. The number of unbranched alkanes of at least 4 members (excludes halogenated alkanes) is 1. The van der Waals surface area contributed by atoms with Crippen molar-refractivity contribution in [3.8, 4) is 0 Å². The number of nitrogens with zero attached hydrogens (tertiary/aromatic N) is 1. The van der Waals surface area contributed by atoms with Gasteiger partial charge in [-0.1, -0.05) is 20.3 Å². The maximum absolute atomic E-state index is 10.8. The molecule has 0 bridgehead atoms. The van der Waals surface area contributed by atoms with E-state index < -0.39 is 5.97 Å². The van der Waals surface area contributed by atoms with E-state index in [1.54, 1.807) is 0 Å². The van der Waals surface area contributed by atoms with Crippen LogP contribution in [0.1, 0.15) is 33.1 Å². The highest BCUT2D eigenvalue weighted by Gasteiger charge is 2.20. The molecule has 0 aliphatic carbocycles. The molecule has 5 N–H and O–H groups in total. The Morgan fingerprint density at radius 1 is 1.33 bits per heavy atom. The van der Waals surface area contributed by atoms with Gasteiger partial charge in [-0.15, -0.1) is 0 Å². The van der Waals surface area contributed by atoms with Gasteiger partial charge < -0.3 is 16.6 Å². The molecule has 0 fully saturated rings. The van der Waals surface area contributed by atoms with E-state index in [9.17, 15) is 4.79 Å². The maximum Gasteiger partial charge on any atom is 0.306 e. The average Bonchev–Trinajstić information content (AvgIpc) is 2.08. The number of carboxylic acids is 1. The number of carbonyl (C=O) groups is 1. The Labute approximate surface area is 90.6 Å². The van der Waals surface area contributed by atoms with Gasteiger partial charge in [-0.2, -0.15) is 0 Å². The van der Waals surface area contributed by atoms with Crippen molar-refractivity contribution in [2.75, 3.05) is 6.54 Å². The fourth-order valence-electron chi connectivity index (χ4n) is 1.43. The molecule has 0 saturated carbocycles. The van der Waals surface area contributed by atoms with Crippen molar-refractivity contribution in [1.82, 2.24) is 0 Å². The van der Waals surface area contributed by atoms with Crippen LogP contribution < -0.4 is 11.5 Å². The van der Waals surface area contributed by atoms with Gasteiger partial charge in [0, 0.05) is 6.54 Å². The lowest BCUT2D eigenvalue weighted by Crippen LogP contribution is -2.23. The molecule has 0 aliphatic heterocycles. The fourth-order valence-corrected chi connectivity index (χ4v) is 1.43. The van der Waals surface area contributed by atoms with Crippen LogP contribution in [0.5, 0.6) is 0 Å². The van der Waals surface area contributed by atoms with Gasteiger partial charge in [-0.3, -0.25) is 9.79 Å². The first-order valence-electron chi connectivity index (χ1n) is 5.23. The summed E-state index contributed by atoms with van der Waals surface area (Å²) < 4.78 is 0. The normalized spacial score (nSPS) is 12.5. The summed E-state index contributed by atoms with van der Waals surface area (Å²) in [5.74, 6) is -0.713. The zero-order chi connectivity index (χ0) is 11.8. The number of guanidine groups is 1. The predicted molar refractivity (Wildman–Crippen MR) is 60.5 cm³/mol. The van der Waals surface area contributed by atoms with Gasteiger partial charge in [0.05, 0.1) is 5.92 Å². The van der Waals surface area contributed by atoms with Crippen LogP contribution in [0.4, 0.5) is 0 Å². The van der Waals surface area contributed by atoms with Gasteiger partial charge in [-0.05, 0) is 18.8 Å². The van der Waals surface area contributed by atoms with E-state index in [0.717, 1.165) is 12.8 Å². The van der Waals surface area contributed by atoms with E-state index in [1.165, 1.54) is 0 Å². The van der Waals surface area contributed by atoms with Crippen LogP contribution >= 0.6 is 0 Å². The van der Waals surface area contributed by atoms with E-state index in [-0.39, 0.29) is 17.8 Å². The van der Waals surface area contributed by atoms with Crippen molar-refractivity contribution in [2.45, 2.75) is 33.1 Å². The molecule has 0 saturated heterocycles. The number of hydrogen-bond donors (Lipinski definition) is 3. The summed E-state index contributed by atoms with van der Waals surface area (Å²) in [6, 6.07) is 0. The van der Waals surface area contributed by atoms with E-state index in [0.29, 0.717) is 13.0 Å². The maximum atomic E-state index is 10.8. The molecule has 0 heterocycles. The average molecular weight is 215 g/mol. The van der Waals surface area contributed by atoms with Crippen molar-refractivity contribution < 1.29 is 9.90 Å². The van der Waals surface area contributed by atoms with Crippen LogP contribution in [-0.4, -0.2) is 23.6 Å². The van der Waals surface area contributed by atoms with Gasteiger partial charge >= 0.3 is 5.97 Å². The smallest absolute Gasteiger partial charge is 0.306 e. The van der Waals surface area contributed by atoms with Crippen LogP contribution in [0.3, 0.4) is 0 Å². The Kier molecular flexibility index (Phi) is 6.49. The summed E-state index contributed by atoms with van der Waals surface area (Å²) in [4.78, 5) is 14.7. The van der Waals surface area contributed by atoms with Gasteiger partial charge in [-0.25, -0.2) is 0 Å². The Morgan fingerprint density at radius 3 is 2.33 bits per heavy atom. The van der Waals surface area contributed by atoms with Crippen molar-refractivity contribution in [1.29, 1.82) is 0 Å². The van der Waals surface area contributed by atoms with Crippen LogP contribution in [0.15, 0.2) is 4.99 Å². The Balaban J connectivity index is 3.73. The molecule has 0 aliphatic rings. The largest absolute Gasteiger partial charge is 0.481 e. The minimum absolute atomic E-state index is 0.0913. The third kappa shape index (κ3) is 6.76. The first kappa shape index (κ1) is 13.7. The number of hydrogen-bond acceptors (Lipinski definition) is 2. The first-order chi connectivity index (χ1) is 6.95.